The number of thioether (sulfide) groups is 1. The number of carboxylic acids is 1. The lowest BCUT2D eigenvalue weighted by atomic mass is 10.1. The zero-order valence-corrected chi connectivity index (χ0v) is 10.7. The van der Waals surface area contributed by atoms with E-state index in [1.165, 1.54) is 0 Å². The van der Waals surface area contributed by atoms with Crippen LogP contribution in [-0.4, -0.2) is 28.5 Å². The summed E-state index contributed by atoms with van der Waals surface area (Å²) in [5, 5.41) is 17.7. The first-order valence-corrected chi connectivity index (χ1v) is 6.76. The summed E-state index contributed by atoms with van der Waals surface area (Å²) in [6.07, 6.45) is 0.0757. The average Bonchev–Trinajstić information content (AvgIpc) is 2.30. The first-order chi connectivity index (χ1) is 8.13. The molecule has 0 fully saturated rings. The lowest BCUT2D eigenvalue weighted by Crippen LogP contribution is -2.05. The second-order valence-corrected chi connectivity index (χ2v) is 5.17. The van der Waals surface area contributed by atoms with Crippen molar-refractivity contribution < 1.29 is 15.0 Å². The van der Waals surface area contributed by atoms with E-state index in [1.54, 1.807) is 11.8 Å². The third kappa shape index (κ3) is 5.24. The second-order valence-electron chi connectivity index (χ2n) is 4.14. The summed E-state index contributed by atoms with van der Waals surface area (Å²) in [5.41, 5.74) is 1.95. The van der Waals surface area contributed by atoms with Crippen molar-refractivity contribution in [3.63, 3.8) is 0 Å². The third-order valence-corrected chi connectivity index (χ3v) is 3.75. The molecule has 94 valence electrons. The number of hydrogen-bond acceptors (Lipinski definition) is 3. The van der Waals surface area contributed by atoms with Gasteiger partial charge in [-0.05, 0) is 22.8 Å². The second kappa shape index (κ2) is 7.35. The van der Waals surface area contributed by atoms with Crippen molar-refractivity contribution in [2.24, 2.45) is 5.92 Å². The molecule has 1 atom stereocenters. The van der Waals surface area contributed by atoms with Gasteiger partial charge >= 0.3 is 5.97 Å². The lowest BCUT2D eigenvalue weighted by molar-refractivity contribution is -0.136. The van der Waals surface area contributed by atoms with Crippen molar-refractivity contribution in [2.75, 3.05) is 12.4 Å². The molecular weight excluding hydrogens is 236 g/mol. The Morgan fingerprint density at radius 2 is 2.00 bits per heavy atom. The van der Waals surface area contributed by atoms with Gasteiger partial charge in [0.1, 0.15) is 0 Å². The van der Waals surface area contributed by atoms with Crippen LogP contribution in [0.4, 0.5) is 0 Å². The lowest BCUT2D eigenvalue weighted by Gasteiger charge is -2.09. The van der Waals surface area contributed by atoms with Gasteiger partial charge in [0.2, 0.25) is 0 Å². The van der Waals surface area contributed by atoms with Gasteiger partial charge in [-0.15, -0.1) is 0 Å². The van der Waals surface area contributed by atoms with Crippen molar-refractivity contribution in [3.05, 3.63) is 35.4 Å². The van der Waals surface area contributed by atoms with E-state index in [0.29, 0.717) is 0 Å². The summed E-state index contributed by atoms with van der Waals surface area (Å²) < 4.78 is 0. The van der Waals surface area contributed by atoms with Crippen LogP contribution in [0.25, 0.3) is 0 Å². The van der Waals surface area contributed by atoms with E-state index in [2.05, 4.69) is 0 Å². The first kappa shape index (κ1) is 14.1. The summed E-state index contributed by atoms with van der Waals surface area (Å²) in [6, 6.07) is 7.62. The van der Waals surface area contributed by atoms with Crippen LogP contribution in [0.1, 0.15) is 18.1 Å². The fourth-order valence-electron chi connectivity index (χ4n) is 1.46. The molecule has 0 bridgehead atoms. The molecule has 2 N–H and O–H groups in total. The molecule has 0 aliphatic carbocycles. The van der Waals surface area contributed by atoms with Gasteiger partial charge in [-0.1, -0.05) is 31.2 Å². The van der Waals surface area contributed by atoms with Crippen molar-refractivity contribution in [3.8, 4) is 0 Å². The van der Waals surface area contributed by atoms with Gasteiger partial charge in [-0.25, -0.2) is 0 Å². The highest BCUT2D eigenvalue weighted by molar-refractivity contribution is 7.98. The van der Waals surface area contributed by atoms with Crippen LogP contribution < -0.4 is 0 Å². The largest absolute Gasteiger partial charge is 0.481 e. The number of carboxylic acid groups (broad SMARTS) is 1. The highest BCUT2D eigenvalue weighted by Gasteiger charge is 2.07. The Hall–Kier alpha value is -1.00. The zero-order chi connectivity index (χ0) is 12.7. The molecule has 3 nitrogen and oxygen atoms in total. The molecule has 1 unspecified atom stereocenters. The van der Waals surface area contributed by atoms with Crippen molar-refractivity contribution >= 4 is 17.7 Å². The molecule has 0 aromatic heterocycles. The smallest absolute Gasteiger partial charge is 0.307 e. The summed E-state index contributed by atoms with van der Waals surface area (Å²) in [4.78, 5) is 10.7. The SMILES string of the molecule is CC(CO)CSCc1ccccc1CC(=O)O. The van der Waals surface area contributed by atoms with E-state index >= 15 is 0 Å². The van der Waals surface area contributed by atoms with Gasteiger partial charge in [-0.3, -0.25) is 4.79 Å². The summed E-state index contributed by atoms with van der Waals surface area (Å²) in [5.74, 6) is 1.17. The molecule has 0 aliphatic heterocycles. The molecule has 1 aromatic carbocycles. The highest BCUT2D eigenvalue weighted by atomic mass is 32.2. The normalized spacial score (nSPS) is 12.4. The van der Waals surface area contributed by atoms with Crippen LogP contribution in [0, 0.1) is 5.92 Å². The van der Waals surface area contributed by atoms with E-state index in [-0.39, 0.29) is 18.9 Å². The average molecular weight is 254 g/mol. The highest BCUT2D eigenvalue weighted by Crippen LogP contribution is 2.19. The molecule has 1 aromatic rings. The monoisotopic (exact) mass is 254 g/mol. The quantitative estimate of drug-likeness (QED) is 0.783. The molecule has 0 saturated carbocycles. The predicted molar refractivity (Wildman–Crippen MR) is 70.2 cm³/mol. The molecule has 0 amide bonds. The van der Waals surface area contributed by atoms with E-state index in [4.69, 9.17) is 10.2 Å². The Labute approximate surface area is 106 Å². The van der Waals surface area contributed by atoms with Crippen LogP contribution in [0.5, 0.6) is 0 Å². The zero-order valence-electron chi connectivity index (χ0n) is 9.93. The molecule has 1 rings (SSSR count). The van der Waals surface area contributed by atoms with E-state index in [0.717, 1.165) is 22.6 Å². The van der Waals surface area contributed by atoms with Gasteiger partial charge in [0.05, 0.1) is 6.42 Å². The molecule has 0 aliphatic rings. The number of aliphatic hydroxyl groups is 1. The Morgan fingerprint density at radius 3 is 2.59 bits per heavy atom. The maximum absolute atomic E-state index is 10.7. The Kier molecular flexibility index (Phi) is 6.08. The number of benzene rings is 1. The maximum Gasteiger partial charge on any atom is 0.307 e. The minimum atomic E-state index is -0.800. The van der Waals surface area contributed by atoms with Crippen LogP contribution in [0.2, 0.25) is 0 Å². The standard InChI is InChI=1S/C13H18O3S/c1-10(7-14)8-17-9-12-5-3-2-4-11(12)6-13(15)16/h2-5,10,14H,6-9H2,1H3,(H,15,16). The fraction of sp³-hybridized carbons (Fsp3) is 0.462. The van der Waals surface area contributed by atoms with Crippen LogP contribution in [-0.2, 0) is 17.0 Å². The Bertz CT molecular complexity index is 365. The van der Waals surface area contributed by atoms with Gasteiger partial charge in [0.25, 0.3) is 0 Å². The summed E-state index contributed by atoms with van der Waals surface area (Å²) in [6.45, 7) is 2.19. The fourth-order valence-corrected chi connectivity index (χ4v) is 2.58. The molecule has 17 heavy (non-hydrogen) atoms. The van der Waals surface area contributed by atoms with E-state index in [1.807, 2.05) is 31.2 Å². The van der Waals surface area contributed by atoms with Gasteiger partial charge < -0.3 is 10.2 Å². The van der Waals surface area contributed by atoms with Gasteiger partial charge in [0.15, 0.2) is 0 Å². The van der Waals surface area contributed by atoms with Crippen molar-refractivity contribution in [1.29, 1.82) is 0 Å². The van der Waals surface area contributed by atoms with Crippen LogP contribution in [0.15, 0.2) is 24.3 Å². The minimum absolute atomic E-state index is 0.0757. The number of aliphatic carboxylic acids is 1. The number of rotatable bonds is 7. The molecule has 0 saturated heterocycles. The summed E-state index contributed by atoms with van der Waals surface area (Å²) in [7, 11) is 0. The number of carbonyl (C=O) groups is 1. The maximum atomic E-state index is 10.7. The van der Waals surface area contributed by atoms with Gasteiger partial charge in [0, 0.05) is 12.4 Å². The molecule has 0 heterocycles. The molecular formula is C13H18O3S. The van der Waals surface area contributed by atoms with E-state index < -0.39 is 5.97 Å². The Morgan fingerprint density at radius 1 is 1.35 bits per heavy atom. The van der Waals surface area contributed by atoms with Crippen molar-refractivity contribution in [2.45, 2.75) is 19.1 Å². The summed E-state index contributed by atoms with van der Waals surface area (Å²) >= 11 is 1.73. The number of hydrogen-bond donors (Lipinski definition) is 2. The predicted octanol–water partition coefficient (Wildman–Crippen LogP) is 2.18. The topological polar surface area (TPSA) is 57.5 Å². The van der Waals surface area contributed by atoms with Crippen LogP contribution >= 0.6 is 11.8 Å². The molecule has 0 spiro atoms. The van der Waals surface area contributed by atoms with Crippen molar-refractivity contribution in [1.82, 2.24) is 0 Å². The molecule has 0 radical (unpaired) electrons. The van der Waals surface area contributed by atoms with Gasteiger partial charge in [-0.2, -0.15) is 11.8 Å². The van der Waals surface area contributed by atoms with E-state index in [9.17, 15) is 4.79 Å². The first-order valence-electron chi connectivity index (χ1n) is 5.60. The molecule has 4 heteroatoms. The third-order valence-electron chi connectivity index (χ3n) is 2.43. The Balaban J connectivity index is 2.54. The minimum Gasteiger partial charge on any atom is -0.481 e. The number of aliphatic hydroxyl groups excluding tert-OH is 1. The van der Waals surface area contributed by atoms with Crippen LogP contribution in [0.3, 0.4) is 0 Å².